The number of nitrogens with one attached hydrogen (secondary N) is 2. The van der Waals surface area contributed by atoms with Gasteiger partial charge in [0.2, 0.25) is 0 Å². The van der Waals surface area contributed by atoms with Crippen LogP contribution in [0.15, 0.2) is 48.5 Å². The van der Waals surface area contributed by atoms with E-state index in [1.54, 1.807) is 12.1 Å². The smallest absolute Gasteiger partial charge is 0.420 e. The summed E-state index contributed by atoms with van der Waals surface area (Å²) in [6, 6.07) is 12.3. The molecule has 0 spiro atoms. The van der Waals surface area contributed by atoms with Gasteiger partial charge in [0, 0.05) is 30.4 Å². The maximum Gasteiger partial charge on any atom is 0.491 e. The highest BCUT2D eigenvalue weighted by Gasteiger charge is 2.41. The number of esters is 1. The molecule has 1 atom stereocenters. The monoisotopic (exact) mass is 483 g/mol. The topological polar surface area (TPSA) is 81.1 Å². The van der Waals surface area contributed by atoms with Gasteiger partial charge in [0.1, 0.15) is 5.75 Å². The molecule has 10 heteroatoms. The molecule has 0 amide bonds. The van der Waals surface area contributed by atoms with E-state index in [9.17, 15) is 18.0 Å². The van der Waals surface area contributed by atoms with Gasteiger partial charge in [-0.3, -0.25) is 0 Å². The van der Waals surface area contributed by atoms with Crippen molar-refractivity contribution in [3.8, 4) is 17.0 Å². The number of aromatic nitrogens is 3. The van der Waals surface area contributed by atoms with Crippen molar-refractivity contribution in [2.75, 3.05) is 18.4 Å². The van der Waals surface area contributed by atoms with E-state index in [4.69, 9.17) is 0 Å². The minimum absolute atomic E-state index is 0.151. The molecule has 0 bridgehead atoms. The van der Waals surface area contributed by atoms with Gasteiger partial charge >= 0.3 is 12.1 Å². The van der Waals surface area contributed by atoms with Crippen LogP contribution in [0.4, 0.5) is 18.9 Å². The third-order valence-electron chi connectivity index (χ3n) is 6.27. The molecule has 0 aliphatic carbocycles. The van der Waals surface area contributed by atoms with Crippen LogP contribution < -0.4 is 15.4 Å². The molecule has 0 saturated heterocycles. The number of anilines is 1. The number of nitrogens with zero attached hydrogens (tertiary/aromatic N) is 3. The molecule has 0 fully saturated rings. The number of benzene rings is 2. The minimum atomic E-state index is -5.06. The first-order valence-corrected chi connectivity index (χ1v) is 11.4. The lowest BCUT2D eigenvalue weighted by Gasteiger charge is -2.23. The normalized spacial score (nSPS) is 17.6. The van der Waals surface area contributed by atoms with Crippen LogP contribution in [0.3, 0.4) is 0 Å². The number of hydrogen-bond donors (Lipinski definition) is 2. The first kappa shape index (κ1) is 23.1. The number of aryl methyl sites for hydroxylation is 2. The molecule has 1 unspecified atom stereocenters. The summed E-state index contributed by atoms with van der Waals surface area (Å²) < 4.78 is 44.3. The molecule has 3 heterocycles. The number of hydrogen-bond acceptors (Lipinski definition) is 6. The number of carbonyl (C=O) groups is 1. The van der Waals surface area contributed by atoms with Crippen molar-refractivity contribution in [2.45, 2.75) is 38.5 Å². The molecule has 35 heavy (non-hydrogen) atoms. The lowest BCUT2D eigenvalue weighted by molar-refractivity contribution is -0.189. The Hall–Kier alpha value is -3.66. The van der Waals surface area contributed by atoms with Crippen LogP contribution >= 0.6 is 0 Å². The predicted octanol–water partition coefficient (Wildman–Crippen LogP) is 4.65. The Bertz CT molecular complexity index is 1300. The average Bonchev–Trinajstić information content (AvgIpc) is 3.13. The third-order valence-corrected chi connectivity index (χ3v) is 6.27. The molecule has 7 nitrogen and oxygen atoms in total. The van der Waals surface area contributed by atoms with E-state index in [1.807, 2.05) is 11.6 Å². The average molecular weight is 483 g/mol. The highest BCUT2D eigenvalue weighted by atomic mass is 19.4. The second-order valence-corrected chi connectivity index (χ2v) is 8.63. The van der Waals surface area contributed by atoms with E-state index < -0.39 is 12.1 Å². The van der Waals surface area contributed by atoms with Gasteiger partial charge in [0.25, 0.3) is 0 Å². The standard InChI is InChI=1S/C25H24F3N5O2/c1-15-23-20-6-5-17(16-7-10-29-11-8-16)13-21(20)22(9-12-33(23)32-31-15)30-18-3-2-4-19(14-18)35-24(34)25(26,27)28/h2-7,13-14,22,29-30H,8-12H2,1H3. The molecule has 182 valence electrons. The molecule has 2 aliphatic rings. The van der Waals surface area contributed by atoms with Gasteiger partial charge in [-0.15, -0.1) is 5.10 Å². The third kappa shape index (κ3) is 4.79. The zero-order valence-electron chi connectivity index (χ0n) is 19.0. The molecule has 2 aliphatic heterocycles. The van der Waals surface area contributed by atoms with Crippen LogP contribution in [0.5, 0.6) is 5.75 Å². The summed E-state index contributed by atoms with van der Waals surface area (Å²) >= 11 is 0. The van der Waals surface area contributed by atoms with Crippen molar-refractivity contribution < 1.29 is 22.7 Å². The van der Waals surface area contributed by atoms with Crippen molar-refractivity contribution in [1.82, 2.24) is 20.3 Å². The minimum Gasteiger partial charge on any atom is -0.420 e. The summed E-state index contributed by atoms with van der Waals surface area (Å²) in [6.45, 7) is 4.29. The maximum atomic E-state index is 12.6. The summed E-state index contributed by atoms with van der Waals surface area (Å²) in [7, 11) is 0. The Balaban J connectivity index is 1.50. The number of alkyl halides is 3. The number of carbonyl (C=O) groups excluding carboxylic acids is 1. The largest absolute Gasteiger partial charge is 0.491 e. The van der Waals surface area contributed by atoms with Gasteiger partial charge in [0.15, 0.2) is 0 Å². The second kappa shape index (κ2) is 9.18. The molecular weight excluding hydrogens is 459 g/mol. The highest BCUT2D eigenvalue weighted by Crippen LogP contribution is 2.39. The number of fused-ring (bicyclic) bond motifs is 3. The summed E-state index contributed by atoms with van der Waals surface area (Å²) in [5.41, 5.74) is 6.84. The van der Waals surface area contributed by atoms with Crippen LogP contribution in [0.25, 0.3) is 16.8 Å². The molecule has 2 N–H and O–H groups in total. The number of halogens is 3. The van der Waals surface area contributed by atoms with Crippen LogP contribution in [0, 0.1) is 6.92 Å². The number of rotatable bonds is 4. The molecule has 0 saturated carbocycles. The lowest BCUT2D eigenvalue weighted by atomic mass is 9.90. The van der Waals surface area contributed by atoms with Crippen molar-refractivity contribution in [2.24, 2.45) is 0 Å². The van der Waals surface area contributed by atoms with E-state index in [-0.39, 0.29) is 11.8 Å². The van der Waals surface area contributed by atoms with Gasteiger partial charge in [-0.2, -0.15) is 13.2 Å². The Labute approximate surface area is 200 Å². The van der Waals surface area contributed by atoms with Crippen molar-refractivity contribution in [1.29, 1.82) is 0 Å². The fourth-order valence-electron chi connectivity index (χ4n) is 4.61. The van der Waals surface area contributed by atoms with Gasteiger partial charge in [0.05, 0.1) is 17.4 Å². The fraction of sp³-hybridized carbons (Fsp3) is 0.320. The Morgan fingerprint density at radius 1 is 1.23 bits per heavy atom. The SMILES string of the molecule is Cc1nnn2c1-c1ccc(C3=CCNCC3)cc1C(Nc1cccc(OC(=O)C(F)(F)F)c1)CC2. The second-order valence-electron chi connectivity index (χ2n) is 8.63. The molecule has 3 aromatic rings. The van der Waals surface area contributed by atoms with Crippen LogP contribution in [0.1, 0.15) is 35.7 Å². The highest BCUT2D eigenvalue weighted by molar-refractivity contribution is 5.78. The summed E-state index contributed by atoms with van der Waals surface area (Å²) in [6.07, 6.45) is -1.25. The zero-order valence-corrected chi connectivity index (χ0v) is 19.0. The van der Waals surface area contributed by atoms with E-state index in [2.05, 4.69) is 50.0 Å². The quantitative estimate of drug-likeness (QED) is 0.415. The van der Waals surface area contributed by atoms with Gasteiger partial charge in [-0.25, -0.2) is 9.48 Å². The number of ether oxygens (including phenoxy) is 1. The van der Waals surface area contributed by atoms with Crippen LogP contribution in [0.2, 0.25) is 0 Å². The maximum absolute atomic E-state index is 12.6. The van der Waals surface area contributed by atoms with Gasteiger partial charge in [-0.05, 0) is 61.2 Å². The Morgan fingerprint density at radius 3 is 2.86 bits per heavy atom. The van der Waals surface area contributed by atoms with E-state index in [0.717, 1.165) is 47.6 Å². The molecule has 1 aromatic heterocycles. The van der Waals surface area contributed by atoms with Crippen LogP contribution in [-0.4, -0.2) is 40.2 Å². The summed E-state index contributed by atoms with van der Waals surface area (Å²) in [4.78, 5) is 11.3. The van der Waals surface area contributed by atoms with E-state index in [1.165, 1.54) is 17.7 Å². The Morgan fingerprint density at radius 2 is 2.09 bits per heavy atom. The zero-order chi connectivity index (χ0) is 24.6. The molecule has 5 rings (SSSR count). The van der Waals surface area contributed by atoms with E-state index >= 15 is 0 Å². The van der Waals surface area contributed by atoms with Crippen LogP contribution in [-0.2, 0) is 11.3 Å². The first-order valence-electron chi connectivity index (χ1n) is 11.4. The summed E-state index contributed by atoms with van der Waals surface area (Å²) in [5.74, 6) is -2.42. The van der Waals surface area contributed by atoms with Crippen molar-refractivity contribution in [3.63, 3.8) is 0 Å². The molecule has 0 radical (unpaired) electrons. The van der Waals surface area contributed by atoms with Crippen molar-refractivity contribution >= 4 is 17.2 Å². The molecular formula is C25H24F3N5O2. The van der Waals surface area contributed by atoms with Gasteiger partial charge < -0.3 is 15.4 Å². The lowest BCUT2D eigenvalue weighted by Crippen LogP contribution is -2.28. The Kier molecular flexibility index (Phi) is 6.06. The van der Waals surface area contributed by atoms with Crippen molar-refractivity contribution in [3.05, 3.63) is 65.4 Å². The van der Waals surface area contributed by atoms with Gasteiger partial charge in [-0.1, -0.05) is 29.5 Å². The predicted molar refractivity (Wildman–Crippen MR) is 125 cm³/mol. The summed E-state index contributed by atoms with van der Waals surface area (Å²) in [5, 5.41) is 15.3. The fourth-order valence-corrected chi connectivity index (χ4v) is 4.61. The first-order chi connectivity index (χ1) is 16.8. The van der Waals surface area contributed by atoms with E-state index in [0.29, 0.717) is 18.7 Å². The molecule has 2 aromatic carbocycles.